The molecule has 1 heterocycles. The van der Waals surface area contributed by atoms with Crippen molar-refractivity contribution in [3.8, 4) is 5.75 Å². The van der Waals surface area contributed by atoms with Crippen LogP contribution in [-0.2, 0) is 0 Å². The second kappa shape index (κ2) is 6.26. The summed E-state index contributed by atoms with van der Waals surface area (Å²) >= 11 is 0. The molecule has 1 atom stereocenters. The third-order valence-corrected chi connectivity index (χ3v) is 4.46. The van der Waals surface area contributed by atoms with Gasteiger partial charge in [-0.3, -0.25) is 4.79 Å². The van der Waals surface area contributed by atoms with E-state index in [-0.39, 0.29) is 5.78 Å². The summed E-state index contributed by atoms with van der Waals surface area (Å²) in [5.41, 5.74) is 8.42. The van der Waals surface area contributed by atoms with Gasteiger partial charge in [-0.15, -0.1) is 0 Å². The van der Waals surface area contributed by atoms with E-state index in [9.17, 15) is 9.90 Å². The summed E-state index contributed by atoms with van der Waals surface area (Å²) in [6.07, 6.45) is 0.856. The number of ether oxygens (including phenoxy) is 1. The number of nitrogens with one attached hydrogen (secondary N) is 1. The van der Waals surface area contributed by atoms with Crippen LogP contribution in [0.2, 0.25) is 0 Å². The highest BCUT2D eigenvalue weighted by Crippen LogP contribution is 2.39. The summed E-state index contributed by atoms with van der Waals surface area (Å²) in [5, 5.41) is 13.9. The van der Waals surface area contributed by atoms with Crippen LogP contribution in [0.25, 0.3) is 5.70 Å². The number of ketones is 1. The predicted molar refractivity (Wildman–Crippen MR) is 98.3 cm³/mol. The van der Waals surface area contributed by atoms with Gasteiger partial charge in [0.15, 0.2) is 5.78 Å². The number of aliphatic hydroxyl groups excluding tert-OH is 1. The van der Waals surface area contributed by atoms with Crippen molar-refractivity contribution in [1.29, 1.82) is 0 Å². The second-order valence-electron chi connectivity index (χ2n) is 6.75. The maximum Gasteiger partial charge on any atom is 0.187 e. The summed E-state index contributed by atoms with van der Waals surface area (Å²) in [6, 6.07) is 12.3. The summed E-state index contributed by atoms with van der Waals surface area (Å²) in [4.78, 5) is 12.6. The lowest BCUT2D eigenvalue weighted by Gasteiger charge is -2.40. The summed E-state index contributed by atoms with van der Waals surface area (Å²) in [7, 11) is 1.58. The van der Waals surface area contributed by atoms with Crippen LogP contribution in [0.1, 0.15) is 41.4 Å². The Hall–Kier alpha value is -2.79. The molecule has 0 radical (unpaired) electrons. The average molecular weight is 338 g/mol. The minimum absolute atomic E-state index is 0.136. The highest BCUT2D eigenvalue weighted by Gasteiger charge is 2.36. The second-order valence-corrected chi connectivity index (χ2v) is 6.75. The molecule has 130 valence electrons. The molecule has 1 aliphatic rings. The van der Waals surface area contributed by atoms with E-state index in [4.69, 9.17) is 10.5 Å². The Bertz CT molecular complexity index is 839. The van der Waals surface area contributed by atoms with E-state index in [0.717, 1.165) is 11.1 Å². The van der Waals surface area contributed by atoms with Crippen molar-refractivity contribution >= 4 is 17.2 Å². The molecule has 5 heteroatoms. The van der Waals surface area contributed by atoms with E-state index in [2.05, 4.69) is 5.32 Å². The van der Waals surface area contributed by atoms with Crippen LogP contribution in [0.5, 0.6) is 5.75 Å². The lowest BCUT2D eigenvalue weighted by molar-refractivity contribution is 0.0853. The van der Waals surface area contributed by atoms with Gasteiger partial charge in [0, 0.05) is 28.6 Å². The number of nitrogens with two attached hydrogens (primary N) is 1. The molecule has 1 aliphatic heterocycles. The zero-order chi connectivity index (χ0) is 18.2. The number of carbonyl (C=O) groups is 1. The molecule has 0 aromatic heterocycles. The largest absolute Gasteiger partial charge is 0.497 e. The van der Waals surface area contributed by atoms with Crippen LogP contribution in [-0.4, -0.2) is 23.5 Å². The van der Waals surface area contributed by atoms with Crippen molar-refractivity contribution in [2.45, 2.75) is 25.5 Å². The third kappa shape index (κ3) is 3.23. The number of aliphatic hydroxyl groups is 1. The fraction of sp³-hybridized carbons (Fsp3) is 0.250. The Morgan fingerprint density at radius 3 is 2.56 bits per heavy atom. The highest BCUT2D eigenvalue weighted by molar-refractivity contribution is 6.08. The first kappa shape index (κ1) is 17.0. The number of fused-ring (bicyclic) bond motifs is 1. The van der Waals surface area contributed by atoms with Crippen molar-refractivity contribution in [1.82, 2.24) is 5.32 Å². The Morgan fingerprint density at radius 1 is 1.24 bits per heavy atom. The molecular formula is C20H22N2O3. The van der Waals surface area contributed by atoms with Gasteiger partial charge in [0.2, 0.25) is 0 Å². The molecule has 0 saturated carbocycles. The van der Waals surface area contributed by atoms with Crippen molar-refractivity contribution in [3.05, 3.63) is 65.2 Å². The molecule has 0 spiro atoms. The number of methoxy groups -OCH3 is 1. The molecule has 2 aromatic carbocycles. The molecule has 0 bridgehead atoms. The van der Waals surface area contributed by atoms with E-state index < -0.39 is 11.6 Å². The molecule has 3 rings (SSSR count). The quantitative estimate of drug-likeness (QED) is 0.455. The average Bonchev–Trinajstić information content (AvgIpc) is 2.59. The van der Waals surface area contributed by atoms with Gasteiger partial charge in [0.05, 0.1) is 12.6 Å². The number of hydrogen-bond donors (Lipinski definition) is 3. The van der Waals surface area contributed by atoms with Gasteiger partial charge >= 0.3 is 0 Å². The van der Waals surface area contributed by atoms with Crippen molar-refractivity contribution in [2.24, 2.45) is 0 Å². The van der Waals surface area contributed by atoms with Crippen molar-refractivity contribution in [3.63, 3.8) is 0 Å². The van der Waals surface area contributed by atoms with E-state index in [1.165, 1.54) is 0 Å². The monoisotopic (exact) mass is 338 g/mol. The zero-order valence-electron chi connectivity index (χ0n) is 14.5. The fourth-order valence-electron chi connectivity index (χ4n) is 2.98. The normalized spacial score (nSPS) is 19.8. The molecule has 4 N–H and O–H groups in total. The third-order valence-electron chi connectivity index (χ3n) is 4.46. The standard InChI is InChI=1S/C20H22N2O3/c1-20(2)19(24)15-9-8-14(25-3)10-16(15)17(22-20)11-18(23)12-4-6-13(21)7-5-12/h4-11,19,22,24H,21H2,1-3H3. The Kier molecular flexibility index (Phi) is 4.27. The Balaban J connectivity index is 2.07. The lowest BCUT2D eigenvalue weighted by Crippen LogP contribution is -2.47. The Morgan fingerprint density at radius 2 is 1.92 bits per heavy atom. The number of hydrogen-bond acceptors (Lipinski definition) is 5. The number of anilines is 1. The fourth-order valence-corrected chi connectivity index (χ4v) is 2.98. The van der Waals surface area contributed by atoms with Crippen LogP contribution in [0.4, 0.5) is 5.69 Å². The van der Waals surface area contributed by atoms with Gasteiger partial charge in [-0.1, -0.05) is 6.07 Å². The SMILES string of the molecule is COc1ccc2c(c1)C(=CC(=O)c1ccc(N)cc1)NC(C)(C)C2O. The molecule has 5 nitrogen and oxygen atoms in total. The maximum absolute atomic E-state index is 12.6. The number of allylic oxidation sites excluding steroid dienone is 1. The smallest absolute Gasteiger partial charge is 0.187 e. The first-order chi connectivity index (χ1) is 11.8. The van der Waals surface area contributed by atoms with E-state index in [0.29, 0.717) is 22.7 Å². The number of carbonyl (C=O) groups excluding carboxylic acids is 1. The summed E-state index contributed by atoms with van der Waals surface area (Å²) < 4.78 is 5.28. The zero-order valence-corrected chi connectivity index (χ0v) is 14.5. The minimum Gasteiger partial charge on any atom is -0.497 e. The predicted octanol–water partition coefficient (Wildman–Crippen LogP) is 2.92. The number of benzene rings is 2. The molecular weight excluding hydrogens is 316 g/mol. The highest BCUT2D eigenvalue weighted by atomic mass is 16.5. The molecule has 25 heavy (non-hydrogen) atoms. The molecule has 1 unspecified atom stereocenters. The lowest BCUT2D eigenvalue weighted by atomic mass is 9.82. The number of rotatable bonds is 3. The molecule has 0 saturated heterocycles. The van der Waals surface area contributed by atoms with E-state index in [1.54, 1.807) is 37.5 Å². The van der Waals surface area contributed by atoms with Gasteiger partial charge < -0.3 is 20.9 Å². The van der Waals surface area contributed by atoms with Gasteiger partial charge in [-0.05, 0) is 55.8 Å². The van der Waals surface area contributed by atoms with Gasteiger partial charge in [-0.25, -0.2) is 0 Å². The van der Waals surface area contributed by atoms with Crippen LogP contribution < -0.4 is 15.8 Å². The van der Waals surface area contributed by atoms with Crippen LogP contribution in [0, 0.1) is 0 Å². The van der Waals surface area contributed by atoms with Gasteiger partial charge in [0.25, 0.3) is 0 Å². The van der Waals surface area contributed by atoms with Crippen LogP contribution >= 0.6 is 0 Å². The van der Waals surface area contributed by atoms with Crippen LogP contribution in [0.3, 0.4) is 0 Å². The van der Waals surface area contributed by atoms with Gasteiger partial charge in [0.1, 0.15) is 11.9 Å². The first-order valence-corrected chi connectivity index (χ1v) is 8.08. The minimum atomic E-state index is -0.697. The molecule has 2 aromatic rings. The van der Waals surface area contributed by atoms with E-state index in [1.807, 2.05) is 32.0 Å². The maximum atomic E-state index is 12.6. The molecule has 0 amide bonds. The summed E-state index contributed by atoms with van der Waals surface area (Å²) in [6.45, 7) is 3.79. The Labute approximate surface area is 147 Å². The first-order valence-electron chi connectivity index (χ1n) is 8.08. The number of nitrogen functional groups attached to an aromatic ring is 1. The van der Waals surface area contributed by atoms with E-state index >= 15 is 0 Å². The van der Waals surface area contributed by atoms with Crippen molar-refractivity contribution in [2.75, 3.05) is 12.8 Å². The van der Waals surface area contributed by atoms with Crippen LogP contribution in [0.15, 0.2) is 48.5 Å². The molecule has 0 fully saturated rings. The summed E-state index contributed by atoms with van der Waals surface area (Å²) in [5.74, 6) is 0.529. The van der Waals surface area contributed by atoms with Crippen molar-refractivity contribution < 1.29 is 14.6 Å². The molecule has 0 aliphatic carbocycles. The topological polar surface area (TPSA) is 84.6 Å². The van der Waals surface area contributed by atoms with Gasteiger partial charge in [-0.2, -0.15) is 0 Å².